The second-order valence-corrected chi connectivity index (χ2v) is 6.12. The molecular formula is C16H24N2. The highest BCUT2D eigenvalue weighted by Crippen LogP contribution is 2.32. The summed E-state index contributed by atoms with van der Waals surface area (Å²) in [6.07, 6.45) is 3.98. The minimum absolute atomic E-state index is 0.658. The van der Waals surface area contributed by atoms with Gasteiger partial charge in [0.1, 0.15) is 0 Å². The molecule has 0 radical (unpaired) electrons. The minimum Gasteiger partial charge on any atom is -0.368 e. The minimum atomic E-state index is 0.658. The number of fused-ring (bicyclic) bond motifs is 1. The molecule has 1 N–H and O–H groups in total. The van der Waals surface area contributed by atoms with E-state index in [1.807, 2.05) is 0 Å². The Kier molecular flexibility index (Phi) is 3.29. The van der Waals surface area contributed by atoms with Crippen LogP contribution in [0.15, 0.2) is 24.3 Å². The van der Waals surface area contributed by atoms with Gasteiger partial charge in [-0.15, -0.1) is 0 Å². The molecule has 3 rings (SSSR count). The van der Waals surface area contributed by atoms with E-state index in [0.29, 0.717) is 6.04 Å². The molecule has 0 saturated heterocycles. The number of nitrogens with zero attached hydrogens (tertiary/aromatic N) is 1. The SMILES string of the molecule is CC(CNC1CC1)CN1c2ccccc2CC1C. The fourth-order valence-electron chi connectivity index (χ4n) is 2.96. The van der Waals surface area contributed by atoms with Crippen LogP contribution < -0.4 is 10.2 Å². The third-order valence-corrected chi connectivity index (χ3v) is 4.19. The Morgan fingerprint density at radius 3 is 2.89 bits per heavy atom. The van der Waals surface area contributed by atoms with Crippen LogP contribution in [0.4, 0.5) is 5.69 Å². The number of rotatable bonds is 5. The summed E-state index contributed by atoms with van der Waals surface area (Å²) in [5, 5.41) is 3.64. The molecule has 1 heterocycles. The van der Waals surface area contributed by atoms with Crippen molar-refractivity contribution in [1.82, 2.24) is 5.32 Å². The summed E-state index contributed by atoms with van der Waals surface area (Å²) in [7, 11) is 0. The van der Waals surface area contributed by atoms with Gasteiger partial charge in [-0.05, 0) is 50.3 Å². The van der Waals surface area contributed by atoms with Gasteiger partial charge in [0.25, 0.3) is 0 Å². The Morgan fingerprint density at radius 1 is 1.33 bits per heavy atom. The number of hydrogen-bond acceptors (Lipinski definition) is 2. The molecular weight excluding hydrogens is 220 g/mol. The van der Waals surface area contributed by atoms with Crippen molar-refractivity contribution in [3.05, 3.63) is 29.8 Å². The molecule has 1 saturated carbocycles. The Bertz CT molecular complexity index is 411. The van der Waals surface area contributed by atoms with Crippen molar-refractivity contribution >= 4 is 5.69 Å². The zero-order chi connectivity index (χ0) is 12.5. The lowest BCUT2D eigenvalue weighted by Crippen LogP contribution is -2.37. The highest BCUT2D eigenvalue weighted by molar-refractivity contribution is 5.59. The monoisotopic (exact) mass is 244 g/mol. The van der Waals surface area contributed by atoms with Gasteiger partial charge in [-0.3, -0.25) is 0 Å². The summed E-state index contributed by atoms with van der Waals surface area (Å²) < 4.78 is 0. The zero-order valence-electron chi connectivity index (χ0n) is 11.5. The average Bonchev–Trinajstić information content (AvgIpc) is 3.14. The smallest absolute Gasteiger partial charge is 0.0402 e. The van der Waals surface area contributed by atoms with E-state index in [0.717, 1.165) is 18.5 Å². The normalized spacial score (nSPS) is 24.1. The predicted octanol–water partition coefficient (Wildman–Crippen LogP) is 2.83. The Labute approximate surface area is 110 Å². The molecule has 0 aromatic heterocycles. The third-order valence-electron chi connectivity index (χ3n) is 4.19. The maximum atomic E-state index is 3.64. The fraction of sp³-hybridized carbons (Fsp3) is 0.625. The summed E-state index contributed by atoms with van der Waals surface area (Å²) in [5.41, 5.74) is 2.98. The molecule has 2 atom stereocenters. The van der Waals surface area contributed by atoms with Crippen LogP contribution in [-0.4, -0.2) is 25.2 Å². The number of benzene rings is 1. The molecule has 2 heteroatoms. The highest BCUT2D eigenvalue weighted by atomic mass is 15.2. The van der Waals surface area contributed by atoms with Crippen molar-refractivity contribution in [3.63, 3.8) is 0 Å². The van der Waals surface area contributed by atoms with Crippen LogP contribution in [0.1, 0.15) is 32.3 Å². The Morgan fingerprint density at radius 2 is 2.11 bits per heavy atom. The molecule has 18 heavy (non-hydrogen) atoms. The van der Waals surface area contributed by atoms with Gasteiger partial charge in [-0.1, -0.05) is 25.1 Å². The maximum Gasteiger partial charge on any atom is 0.0402 e. The molecule has 1 aliphatic heterocycles. The summed E-state index contributed by atoms with van der Waals surface area (Å²) in [6, 6.07) is 10.4. The van der Waals surface area contributed by atoms with Crippen LogP contribution in [0.5, 0.6) is 0 Å². The van der Waals surface area contributed by atoms with E-state index in [9.17, 15) is 0 Å². The maximum absolute atomic E-state index is 3.64. The quantitative estimate of drug-likeness (QED) is 0.857. The first-order valence-corrected chi connectivity index (χ1v) is 7.32. The standard InChI is InChI=1S/C16H24N2/c1-12(10-17-15-7-8-15)11-18-13(2)9-14-5-3-4-6-16(14)18/h3-6,12-13,15,17H,7-11H2,1-2H3. The van der Waals surface area contributed by atoms with Gasteiger partial charge in [-0.25, -0.2) is 0 Å². The van der Waals surface area contributed by atoms with Crippen molar-refractivity contribution in [3.8, 4) is 0 Å². The Hall–Kier alpha value is -1.02. The first-order chi connectivity index (χ1) is 8.74. The van der Waals surface area contributed by atoms with Crippen LogP contribution >= 0.6 is 0 Å². The molecule has 0 spiro atoms. The fourth-order valence-corrected chi connectivity index (χ4v) is 2.96. The number of para-hydroxylation sites is 1. The average molecular weight is 244 g/mol. The lowest BCUT2D eigenvalue weighted by molar-refractivity contribution is 0.488. The summed E-state index contributed by atoms with van der Waals surface area (Å²) in [4.78, 5) is 2.59. The molecule has 0 bridgehead atoms. The van der Waals surface area contributed by atoms with Crippen LogP contribution in [0.25, 0.3) is 0 Å². The predicted molar refractivity (Wildman–Crippen MR) is 77.1 cm³/mol. The molecule has 2 unspecified atom stereocenters. The van der Waals surface area contributed by atoms with Crippen molar-refractivity contribution in [1.29, 1.82) is 0 Å². The molecule has 2 nitrogen and oxygen atoms in total. The molecule has 1 aromatic carbocycles. The van der Waals surface area contributed by atoms with E-state index in [-0.39, 0.29) is 0 Å². The van der Waals surface area contributed by atoms with E-state index >= 15 is 0 Å². The van der Waals surface area contributed by atoms with Gasteiger partial charge in [0.05, 0.1) is 0 Å². The Balaban J connectivity index is 1.61. The van der Waals surface area contributed by atoms with Crippen molar-refractivity contribution in [2.75, 3.05) is 18.0 Å². The highest BCUT2D eigenvalue weighted by Gasteiger charge is 2.27. The van der Waals surface area contributed by atoms with Crippen LogP contribution in [0.3, 0.4) is 0 Å². The molecule has 2 aliphatic rings. The van der Waals surface area contributed by atoms with Gasteiger partial charge >= 0.3 is 0 Å². The van der Waals surface area contributed by atoms with Gasteiger partial charge in [-0.2, -0.15) is 0 Å². The lowest BCUT2D eigenvalue weighted by atomic mass is 10.1. The number of hydrogen-bond donors (Lipinski definition) is 1. The first-order valence-electron chi connectivity index (χ1n) is 7.32. The molecule has 1 aromatic rings. The largest absolute Gasteiger partial charge is 0.368 e. The lowest BCUT2D eigenvalue weighted by Gasteiger charge is -2.28. The number of nitrogens with one attached hydrogen (secondary N) is 1. The van der Waals surface area contributed by atoms with Crippen LogP contribution in [0, 0.1) is 5.92 Å². The van der Waals surface area contributed by atoms with Gasteiger partial charge < -0.3 is 10.2 Å². The van der Waals surface area contributed by atoms with Crippen molar-refractivity contribution < 1.29 is 0 Å². The van der Waals surface area contributed by atoms with Gasteiger partial charge in [0.2, 0.25) is 0 Å². The first kappa shape index (κ1) is 12.0. The van der Waals surface area contributed by atoms with E-state index in [1.165, 1.54) is 37.1 Å². The summed E-state index contributed by atoms with van der Waals surface area (Å²) in [5.74, 6) is 0.721. The topological polar surface area (TPSA) is 15.3 Å². The van der Waals surface area contributed by atoms with Crippen LogP contribution in [0.2, 0.25) is 0 Å². The number of anilines is 1. The third kappa shape index (κ3) is 2.54. The van der Waals surface area contributed by atoms with E-state index in [1.54, 1.807) is 0 Å². The second kappa shape index (κ2) is 4.93. The van der Waals surface area contributed by atoms with Crippen molar-refractivity contribution in [2.24, 2.45) is 5.92 Å². The van der Waals surface area contributed by atoms with Crippen molar-refractivity contribution in [2.45, 2.75) is 45.2 Å². The second-order valence-electron chi connectivity index (χ2n) is 6.12. The van der Waals surface area contributed by atoms with Crippen LogP contribution in [-0.2, 0) is 6.42 Å². The summed E-state index contributed by atoms with van der Waals surface area (Å²) in [6.45, 7) is 7.05. The van der Waals surface area contributed by atoms with E-state index < -0.39 is 0 Å². The van der Waals surface area contributed by atoms with Gasteiger partial charge in [0.15, 0.2) is 0 Å². The zero-order valence-corrected chi connectivity index (χ0v) is 11.5. The van der Waals surface area contributed by atoms with E-state index in [4.69, 9.17) is 0 Å². The molecule has 1 fully saturated rings. The molecule has 0 amide bonds. The molecule has 98 valence electrons. The summed E-state index contributed by atoms with van der Waals surface area (Å²) >= 11 is 0. The molecule has 1 aliphatic carbocycles. The van der Waals surface area contributed by atoms with E-state index in [2.05, 4.69) is 48.3 Å². The van der Waals surface area contributed by atoms with Gasteiger partial charge in [0, 0.05) is 24.3 Å².